The molecule has 0 bridgehead atoms. The van der Waals surface area contributed by atoms with Crippen molar-refractivity contribution in [3.63, 3.8) is 0 Å². The number of aromatic nitrogens is 4. The van der Waals surface area contributed by atoms with Crippen molar-refractivity contribution in [2.45, 2.75) is 53.2 Å². The molecule has 9 heteroatoms. The van der Waals surface area contributed by atoms with Gasteiger partial charge in [0.15, 0.2) is 0 Å². The van der Waals surface area contributed by atoms with Gasteiger partial charge in [0.05, 0.1) is 39.7 Å². The number of hydrogen-bond donors (Lipinski definition) is 1. The Morgan fingerprint density at radius 1 is 1.04 bits per heavy atom. The maximum Gasteiger partial charge on any atom is 0.407 e. The first-order valence-electron chi connectivity index (χ1n) is 15.0. The van der Waals surface area contributed by atoms with Crippen molar-refractivity contribution in [3.05, 3.63) is 89.1 Å². The highest BCUT2D eigenvalue weighted by Crippen LogP contribution is 2.36. The third kappa shape index (κ3) is 5.72. The molecule has 3 aromatic heterocycles. The van der Waals surface area contributed by atoms with Gasteiger partial charge in [-0.3, -0.25) is 19.1 Å². The largest absolute Gasteiger partial charge is 0.444 e. The Morgan fingerprint density at radius 3 is 2.51 bits per heavy atom. The van der Waals surface area contributed by atoms with Crippen molar-refractivity contribution in [1.82, 2.24) is 24.4 Å². The second-order valence-corrected chi connectivity index (χ2v) is 13.2. The van der Waals surface area contributed by atoms with Crippen LogP contribution >= 0.6 is 0 Å². The minimum absolute atomic E-state index is 0.0657. The molecular formula is C36H36N6O3. The Bertz CT molecular complexity index is 2150. The Morgan fingerprint density at radius 2 is 1.80 bits per heavy atom. The summed E-state index contributed by atoms with van der Waals surface area (Å²) in [5.41, 5.74) is 5.49. The van der Waals surface area contributed by atoms with Gasteiger partial charge in [-0.05, 0) is 94.5 Å². The third-order valence-electron chi connectivity index (χ3n) is 8.35. The minimum Gasteiger partial charge on any atom is -0.444 e. The number of rotatable bonds is 5. The van der Waals surface area contributed by atoms with Gasteiger partial charge in [-0.1, -0.05) is 24.3 Å². The lowest BCUT2D eigenvalue weighted by atomic mass is 9.76. The van der Waals surface area contributed by atoms with Crippen LogP contribution in [0.5, 0.6) is 0 Å². The highest BCUT2D eigenvalue weighted by Gasteiger charge is 2.29. The number of imidazole rings is 1. The summed E-state index contributed by atoms with van der Waals surface area (Å²) < 4.78 is 8.73. The maximum absolute atomic E-state index is 13.6. The summed E-state index contributed by atoms with van der Waals surface area (Å²) in [5.74, 6) is 0.0657. The molecule has 1 aliphatic carbocycles. The van der Waals surface area contributed by atoms with E-state index < -0.39 is 17.1 Å². The standard InChI is InChI=1S/C36H36N6O3/c1-35(2,3)45-33(43)40-18-22-7-13-29-24(15-22)16-25(19-38-29)23-8-14-30-28(17-23)32-31(20-39-30)41(6)34(44)42(32)27-11-9-26(10-12-27)36(4,5)21-37/h7-9,11-17,19-20,26H,10,18H2,1-6H3,(H,40,43). The number of carbonyl (C=O) groups is 1. The first-order valence-corrected chi connectivity index (χ1v) is 15.0. The molecule has 3 heterocycles. The number of carbonyl (C=O) groups excluding carboxylic acids is 1. The van der Waals surface area contributed by atoms with Crippen LogP contribution in [0.1, 0.15) is 46.6 Å². The lowest BCUT2D eigenvalue weighted by Crippen LogP contribution is -2.32. The van der Waals surface area contributed by atoms with Crippen LogP contribution < -0.4 is 11.0 Å². The van der Waals surface area contributed by atoms with Crippen molar-refractivity contribution < 1.29 is 9.53 Å². The van der Waals surface area contributed by atoms with Gasteiger partial charge >= 0.3 is 11.8 Å². The first kappa shape index (κ1) is 29.8. The summed E-state index contributed by atoms with van der Waals surface area (Å²) in [4.78, 5) is 35.1. The quantitative estimate of drug-likeness (QED) is 0.230. The second kappa shape index (κ2) is 11.0. The molecule has 1 atom stereocenters. The number of ether oxygens (including phenoxy) is 1. The number of pyridine rings is 2. The average Bonchev–Trinajstić information content (AvgIpc) is 3.28. The zero-order chi connectivity index (χ0) is 32.1. The lowest BCUT2D eigenvalue weighted by molar-refractivity contribution is 0.0523. The number of aryl methyl sites for hydroxylation is 1. The Hall–Kier alpha value is -5.23. The Balaban J connectivity index is 1.39. The minimum atomic E-state index is -0.566. The Labute approximate surface area is 261 Å². The van der Waals surface area contributed by atoms with Crippen LogP contribution in [0.15, 0.2) is 77.9 Å². The molecule has 0 spiro atoms. The molecule has 1 aliphatic rings. The van der Waals surface area contributed by atoms with Crippen molar-refractivity contribution in [2.24, 2.45) is 18.4 Å². The fourth-order valence-corrected chi connectivity index (χ4v) is 5.75. The van der Waals surface area contributed by atoms with E-state index in [0.29, 0.717) is 13.0 Å². The van der Waals surface area contributed by atoms with Crippen LogP contribution in [0.4, 0.5) is 4.79 Å². The van der Waals surface area contributed by atoms with E-state index in [1.54, 1.807) is 22.4 Å². The fourth-order valence-electron chi connectivity index (χ4n) is 5.75. The second-order valence-electron chi connectivity index (χ2n) is 13.2. The molecule has 228 valence electrons. The predicted octanol–water partition coefficient (Wildman–Crippen LogP) is 7.09. The molecule has 5 aromatic rings. The normalized spacial score (nSPS) is 15.3. The number of amides is 1. The van der Waals surface area contributed by atoms with E-state index >= 15 is 0 Å². The van der Waals surface area contributed by atoms with Crippen molar-refractivity contribution in [2.75, 3.05) is 0 Å². The smallest absolute Gasteiger partial charge is 0.407 e. The summed E-state index contributed by atoms with van der Waals surface area (Å²) in [6.45, 7) is 9.71. The Kier molecular flexibility index (Phi) is 7.32. The number of hydrogen-bond acceptors (Lipinski definition) is 6. The molecule has 45 heavy (non-hydrogen) atoms. The summed E-state index contributed by atoms with van der Waals surface area (Å²) in [5, 5.41) is 14.2. The van der Waals surface area contributed by atoms with Gasteiger partial charge in [-0.2, -0.15) is 5.26 Å². The molecule has 0 radical (unpaired) electrons. The maximum atomic E-state index is 13.6. The molecule has 1 amide bonds. The van der Waals surface area contributed by atoms with Crippen LogP contribution in [0.3, 0.4) is 0 Å². The van der Waals surface area contributed by atoms with Gasteiger partial charge in [0, 0.05) is 41.8 Å². The van der Waals surface area contributed by atoms with Crippen LogP contribution in [-0.4, -0.2) is 30.8 Å². The fraction of sp³-hybridized carbons (Fsp3) is 0.306. The SMILES string of the molecule is Cn1c(=O)n(C2=CCC(C(C)(C)C#N)C=C2)c2c3cc(-c4cnc5ccc(CNC(=O)OC(C)(C)C)cc5c4)ccc3ncc21. The number of fused-ring (bicyclic) bond motifs is 4. The molecule has 0 aliphatic heterocycles. The van der Waals surface area contributed by atoms with Gasteiger partial charge in [-0.15, -0.1) is 0 Å². The molecular weight excluding hydrogens is 564 g/mol. The lowest BCUT2D eigenvalue weighted by Gasteiger charge is -2.26. The third-order valence-corrected chi connectivity index (χ3v) is 8.35. The van der Waals surface area contributed by atoms with Gasteiger partial charge in [0.1, 0.15) is 5.60 Å². The predicted molar refractivity (Wildman–Crippen MR) is 177 cm³/mol. The monoisotopic (exact) mass is 600 g/mol. The summed E-state index contributed by atoms with van der Waals surface area (Å²) in [6, 6.07) is 16.4. The van der Waals surface area contributed by atoms with E-state index in [9.17, 15) is 14.9 Å². The zero-order valence-electron chi connectivity index (χ0n) is 26.4. The van der Waals surface area contributed by atoms with Crippen molar-refractivity contribution in [3.8, 4) is 17.2 Å². The van der Waals surface area contributed by atoms with Gasteiger partial charge in [0.2, 0.25) is 0 Å². The molecule has 0 fully saturated rings. The van der Waals surface area contributed by atoms with Crippen LogP contribution in [0.25, 0.3) is 49.7 Å². The topological polar surface area (TPSA) is 115 Å². The van der Waals surface area contributed by atoms with Gasteiger partial charge < -0.3 is 10.1 Å². The molecule has 1 unspecified atom stereocenters. The number of nitriles is 1. The van der Waals surface area contributed by atoms with Crippen molar-refractivity contribution in [1.29, 1.82) is 5.26 Å². The average molecular weight is 601 g/mol. The number of alkyl carbamates (subject to hydrolysis) is 1. The number of benzene rings is 2. The van der Waals surface area contributed by atoms with E-state index in [4.69, 9.17) is 9.72 Å². The van der Waals surface area contributed by atoms with E-state index in [-0.39, 0.29) is 11.6 Å². The van der Waals surface area contributed by atoms with E-state index in [1.165, 1.54) is 0 Å². The van der Waals surface area contributed by atoms with Crippen LogP contribution in [-0.2, 0) is 18.3 Å². The highest BCUT2D eigenvalue weighted by atomic mass is 16.6. The number of nitrogens with zero attached hydrogens (tertiary/aromatic N) is 5. The van der Waals surface area contributed by atoms with Gasteiger partial charge in [0.25, 0.3) is 0 Å². The highest BCUT2D eigenvalue weighted by molar-refractivity contribution is 6.05. The molecule has 1 N–H and O–H groups in total. The van der Waals surface area contributed by atoms with Crippen LogP contribution in [0, 0.1) is 22.7 Å². The molecule has 0 saturated heterocycles. The van der Waals surface area contributed by atoms with Gasteiger partial charge in [-0.25, -0.2) is 9.59 Å². The van der Waals surface area contributed by atoms with E-state index in [0.717, 1.165) is 55.2 Å². The molecule has 2 aromatic carbocycles. The van der Waals surface area contributed by atoms with Crippen molar-refractivity contribution >= 4 is 44.6 Å². The van der Waals surface area contributed by atoms with E-state index in [2.05, 4.69) is 28.5 Å². The summed E-state index contributed by atoms with van der Waals surface area (Å²) in [6.07, 6.45) is 9.83. The van der Waals surface area contributed by atoms with E-state index in [1.807, 2.05) is 89.4 Å². The molecule has 0 saturated carbocycles. The number of allylic oxidation sites excluding steroid dienone is 4. The first-order chi connectivity index (χ1) is 21.3. The molecule has 6 rings (SSSR count). The number of nitrogens with one attached hydrogen (secondary N) is 1. The summed E-state index contributed by atoms with van der Waals surface area (Å²) in [7, 11) is 1.76. The zero-order valence-corrected chi connectivity index (χ0v) is 26.4. The summed E-state index contributed by atoms with van der Waals surface area (Å²) >= 11 is 0. The van der Waals surface area contributed by atoms with Crippen LogP contribution in [0.2, 0.25) is 0 Å². The molecule has 9 nitrogen and oxygen atoms in total.